The van der Waals surface area contributed by atoms with E-state index in [1.165, 1.54) is 14.2 Å². The van der Waals surface area contributed by atoms with Crippen LogP contribution in [0.15, 0.2) is 30.3 Å². The van der Waals surface area contributed by atoms with Crippen LogP contribution in [0.4, 0.5) is 5.69 Å². The van der Waals surface area contributed by atoms with Crippen molar-refractivity contribution in [3.05, 3.63) is 52.3 Å². The molecule has 1 aromatic heterocycles. The zero-order chi connectivity index (χ0) is 20.5. The molecule has 1 fully saturated rings. The largest absolute Gasteiger partial charge is 0.493 e. The fourth-order valence-corrected chi connectivity index (χ4v) is 3.42. The molecule has 150 valence electrons. The van der Waals surface area contributed by atoms with E-state index in [0.717, 1.165) is 29.8 Å². The van der Waals surface area contributed by atoms with Crippen molar-refractivity contribution in [2.75, 3.05) is 19.5 Å². The number of hydrogen-bond acceptors (Lipinski definition) is 5. The first-order valence-corrected chi connectivity index (χ1v) is 9.64. The van der Waals surface area contributed by atoms with Crippen molar-refractivity contribution in [2.45, 2.75) is 25.7 Å². The van der Waals surface area contributed by atoms with Gasteiger partial charge in [0.15, 0.2) is 17.3 Å². The molecule has 1 aliphatic carbocycles. The number of rotatable bonds is 6. The van der Waals surface area contributed by atoms with E-state index in [1.54, 1.807) is 12.1 Å². The molecule has 0 unspecified atom stereocenters. The van der Waals surface area contributed by atoms with E-state index in [4.69, 9.17) is 21.1 Å². The van der Waals surface area contributed by atoms with E-state index >= 15 is 0 Å². The third-order valence-electron chi connectivity index (χ3n) is 4.83. The number of aryl methyl sites for hydroxylation is 1. The van der Waals surface area contributed by atoms with Crippen molar-refractivity contribution in [3.63, 3.8) is 0 Å². The van der Waals surface area contributed by atoms with Crippen LogP contribution in [0, 0.1) is 6.92 Å². The summed E-state index contributed by atoms with van der Waals surface area (Å²) in [5, 5.41) is 10.6. The average Bonchev–Trinajstić information content (AvgIpc) is 3.45. The average molecular weight is 413 g/mol. The highest BCUT2D eigenvalue weighted by Gasteiger charge is 2.27. The highest BCUT2D eigenvalue weighted by atomic mass is 35.5. The van der Waals surface area contributed by atoms with Crippen LogP contribution in [0.3, 0.4) is 0 Å². The maximum Gasteiger partial charge on any atom is 0.255 e. The smallest absolute Gasteiger partial charge is 0.255 e. The summed E-state index contributed by atoms with van der Waals surface area (Å²) in [5.41, 5.74) is 2.78. The van der Waals surface area contributed by atoms with Crippen LogP contribution in [0.25, 0.3) is 11.4 Å². The zero-order valence-corrected chi connectivity index (χ0v) is 17.1. The van der Waals surface area contributed by atoms with Gasteiger partial charge in [-0.3, -0.25) is 9.89 Å². The number of carbonyl (C=O) groups excluding carboxylic acids is 1. The Morgan fingerprint density at radius 1 is 1.21 bits per heavy atom. The molecule has 4 rings (SSSR count). The molecule has 8 heteroatoms. The lowest BCUT2D eigenvalue weighted by Gasteiger charge is -2.13. The van der Waals surface area contributed by atoms with E-state index in [1.807, 2.05) is 25.1 Å². The lowest BCUT2D eigenvalue weighted by atomic mass is 10.1. The zero-order valence-electron chi connectivity index (χ0n) is 16.4. The monoisotopic (exact) mass is 412 g/mol. The number of amides is 1. The Labute approximate surface area is 173 Å². The van der Waals surface area contributed by atoms with Gasteiger partial charge >= 0.3 is 0 Å². The number of H-pyrrole nitrogens is 1. The summed E-state index contributed by atoms with van der Waals surface area (Å²) in [4.78, 5) is 17.5. The number of carbonyl (C=O) groups is 1. The van der Waals surface area contributed by atoms with E-state index in [2.05, 4.69) is 20.5 Å². The van der Waals surface area contributed by atoms with Crippen LogP contribution >= 0.6 is 11.6 Å². The number of aromatic amines is 1. The lowest BCUT2D eigenvalue weighted by Crippen LogP contribution is -2.13. The summed E-state index contributed by atoms with van der Waals surface area (Å²) in [6, 6.07) is 8.86. The first-order chi connectivity index (χ1) is 14.0. The molecule has 0 aliphatic heterocycles. The van der Waals surface area contributed by atoms with E-state index in [9.17, 15) is 4.79 Å². The van der Waals surface area contributed by atoms with Gasteiger partial charge in [-0.05, 0) is 44.0 Å². The Kier molecular flexibility index (Phi) is 5.15. The molecule has 1 heterocycles. The van der Waals surface area contributed by atoms with Crippen LogP contribution in [0.2, 0.25) is 5.02 Å². The topological polar surface area (TPSA) is 89.1 Å². The molecule has 0 bridgehead atoms. The van der Waals surface area contributed by atoms with Crippen LogP contribution < -0.4 is 14.8 Å². The molecular weight excluding hydrogens is 392 g/mol. The second-order valence-corrected chi connectivity index (χ2v) is 7.42. The van der Waals surface area contributed by atoms with Gasteiger partial charge in [-0.15, -0.1) is 0 Å². The van der Waals surface area contributed by atoms with Crippen LogP contribution in [-0.2, 0) is 0 Å². The predicted molar refractivity (Wildman–Crippen MR) is 111 cm³/mol. The van der Waals surface area contributed by atoms with Crippen molar-refractivity contribution in [2.24, 2.45) is 0 Å². The highest BCUT2D eigenvalue weighted by molar-refractivity contribution is 6.32. The highest BCUT2D eigenvalue weighted by Crippen LogP contribution is 2.39. The first-order valence-electron chi connectivity index (χ1n) is 9.26. The number of halogens is 1. The Hall–Kier alpha value is -3.06. The number of methoxy groups -OCH3 is 2. The van der Waals surface area contributed by atoms with Gasteiger partial charge in [0.2, 0.25) is 0 Å². The summed E-state index contributed by atoms with van der Waals surface area (Å²) in [5.74, 6) is 2.37. The Morgan fingerprint density at radius 2 is 2.00 bits per heavy atom. The number of anilines is 1. The third-order valence-corrected chi connectivity index (χ3v) is 5.11. The normalized spacial score (nSPS) is 13.2. The number of nitrogens with zero attached hydrogens (tertiary/aromatic N) is 2. The van der Waals surface area contributed by atoms with Crippen molar-refractivity contribution in [1.82, 2.24) is 15.2 Å². The lowest BCUT2D eigenvalue weighted by molar-refractivity contribution is 0.102. The first kappa shape index (κ1) is 19.3. The maximum absolute atomic E-state index is 12.9. The van der Waals surface area contributed by atoms with Gasteiger partial charge in [0.1, 0.15) is 5.82 Å². The minimum Gasteiger partial charge on any atom is -0.493 e. The molecule has 2 aromatic carbocycles. The second kappa shape index (κ2) is 7.75. The second-order valence-electron chi connectivity index (χ2n) is 7.02. The Bertz CT molecular complexity index is 1080. The van der Waals surface area contributed by atoms with E-state index < -0.39 is 0 Å². The van der Waals surface area contributed by atoms with Gasteiger partial charge in [-0.2, -0.15) is 5.10 Å². The summed E-state index contributed by atoms with van der Waals surface area (Å²) in [7, 11) is 2.99. The molecule has 0 radical (unpaired) electrons. The molecule has 7 nitrogen and oxygen atoms in total. The van der Waals surface area contributed by atoms with Gasteiger partial charge in [0, 0.05) is 17.0 Å². The molecule has 29 heavy (non-hydrogen) atoms. The van der Waals surface area contributed by atoms with Crippen molar-refractivity contribution in [3.8, 4) is 22.9 Å². The minimum atomic E-state index is -0.323. The van der Waals surface area contributed by atoms with Gasteiger partial charge in [0.05, 0.1) is 24.9 Å². The Morgan fingerprint density at radius 3 is 2.69 bits per heavy atom. The molecule has 3 aromatic rings. The standard InChI is InChI=1S/C21H21ClN4O3/c1-11-4-7-16(14(8-11)20-24-19(25-26-20)12-5-6-12)23-21(27)13-9-15(22)18(29-3)17(10-13)28-2/h4,7-10,12H,5-6H2,1-3H3,(H,23,27)(H,24,25,26). The molecule has 1 saturated carbocycles. The summed E-state index contributed by atoms with van der Waals surface area (Å²) >= 11 is 6.24. The Balaban J connectivity index is 1.65. The maximum atomic E-state index is 12.9. The third kappa shape index (κ3) is 3.91. The van der Waals surface area contributed by atoms with Gasteiger partial charge < -0.3 is 14.8 Å². The quantitative estimate of drug-likeness (QED) is 0.618. The fraction of sp³-hybridized carbons (Fsp3) is 0.286. The van der Waals surface area contributed by atoms with Crippen molar-refractivity contribution < 1.29 is 14.3 Å². The van der Waals surface area contributed by atoms with E-state index in [-0.39, 0.29) is 5.91 Å². The number of aromatic nitrogens is 3. The number of nitrogens with one attached hydrogen (secondary N) is 2. The number of ether oxygens (including phenoxy) is 2. The number of benzene rings is 2. The minimum absolute atomic E-state index is 0.296. The van der Waals surface area contributed by atoms with Gasteiger partial charge in [-0.25, -0.2) is 4.98 Å². The van der Waals surface area contributed by atoms with Crippen LogP contribution in [0.5, 0.6) is 11.5 Å². The molecule has 1 amide bonds. The van der Waals surface area contributed by atoms with Crippen LogP contribution in [0.1, 0.15) is 40.5 Å². The van der Waals surface area contributed by atoms with E-state index in [0.29, 0.717) is 39.5 Å². The molecule has 0 saturated heterocycles. The van der Waals surface area contributed by atoms with Gasteiger partial charge in [0.25, 0.3) is 5.91 Å². The molecule has 0 atom stereocenters. The predicted octanol–water partition coefficient (Wildman–Crippen LogP) is 4.58. The van der Waals surface area contributed by atoms with Gasteiger partial charge in [-0.1, -0.05) is 23.2 Å². The number of hydrogen-bond donors (Lipinski definition) is 2. The SMILES string of the molecule is COc1cc(C(=O)Nc2ccc(C)cc2-c2n[nH]c(C3CC3)n2)cc(Cl)c1OC. The molecule has 0 spiro atoms. The summed E-state index contributed by atoms with van der Waals surface area (Å²) in [6.45, 7) is 1.98. The van der Waals surface area contributed by atoms with Crippen LogP contribution in [-0.4, -0.2) is 35.3 Å². The molecule has 1 aliphatic rings. The fourth-order valence-electron chi connectivity index (χ4n) is 3.13. The molecular formula is C21H21ClN4O3. The summed E-state index contributed by atoms with van der Waals surface area (Å²) < 4.78 is 10.5. The molecule has 2 N–H and O–H groups in total. The summed E-state index contributed by atoms with van der Waals surface area (Å²) in [6.07, 6.45) is 2.26. The van der Waals surface area contributed by atoms with Crippen molar-refractivity contribution in [1.29, 1.82) is 0 Å². The van der Waals surface area contributed by atoms with Crippen molar-refractivity contribution >= 4 is 23.2 Å².